The van der Waals surface area contributed by atoms with Gasteiger partial charge in [-0.2, -0.15) is 0 Å². The van der Waals surface area contributed by atoms with Gasteiger partial charge in [0.05, 0.1) is 0 Å². The van der Waals surface area contributed by atoms with Crippen molar-refractivity contribution < 1.29 is 4.79 Å². The SMILES string of the molecule is CC(=O)Nc1ccc(C)cc1-c1ccc(Cl)cc1. The van der Waals surface area contributed by atoms with E-state index in [4.69, 9.17) is 11.6 Å². The van der Waals surface area contributed by atoms with Crippen LogP contribution in [0.15, 0.2) is 42.5 Å². The molecule has 0 unspecified atom stereocenters. The van der Waals surface area contributed by atoms with Gasteiger partial charge in [-0.3, -0.25) is 4.79 Å². The zero-order valence-corrected chi connectivity index (χ0v) is 11.1. The van der Waals surface area contributed by atoms with Crippen LogP contribution < -0.4 is 5.32 Å². The third-order valence-electron chi connectivity index (χ3n) is 2.64. The van der Waals surface area contributed by atoms with Crippen LogP contribution in [0.25, 0.3) is 11.1 Å². The van der Waals surface area contributed by atoms with Crippen molar-refractivity contribution >= 4 is 23.2 Å². The Morgan fingerprint density at radius 2 is 1.78 bits per heavy atom. The van der Waals surface area contributed by atoms with Crippen LogP contribution >= 0.6 is 11.6 Å². The molecule has 92 valence electrons. The van der Waals surface area contributed by atoms with E-state index in [-0.39, 0.29) is 5.91 Å². The van der Waals surface area contributed by atoms with Gasteiger partial charge in [-0.05, 0) is 36.8 Å². The Morgan fingerprint density at radius 1 is 1.11 bits per heavy atom. The van der Waals surface area contributed by atoms with E-state index in [0.717, 1.165) is 22.4 Å². The molecule has 0 heterocycles. The molecule has 0 bridgehead atoms. The predicted molar refractivity (Wildman–Crippen MR) is 75.9 cm³/mol. The van der Waals surface area contributed by atoms with Crippen LogP contribution in [0.4, 0.5) is 5.69 Å². The summed E-state index contributed by atoms with van der Waals surface area (Å²) in [5.41, 5.74) is 4.00. The molecule has 0 aliphatic rings. The Hall–Kier alpha value is -1.80. The maximum absolute atomic E-state index is 11.2. The number of benzene rings is 2. The third-order valence-corrected chi connectivity index (χ3v) is 2.89. The van der Waals surface area contributed by atoms with Crippen molar-refractivity contribution in [1.82, 2.24) is 0 Å². The normalized spacial score (nSPS) is 10.2. The van der Waals surface area contributed by atoms with E-state index in [1.165, 1.54) is 6.92 Å². The molecule has 0 spiro atoms. The summed E-state index contributed by atoms with van der Waals surface area (Å²) < 4.78 is 0. The average Bonchev–Trinajstić information content (AvgIpc) is 2.32. The summed E-state index contributed by atoms with van der Waals surface area (Å²) in [6.45, 7) is 3.53. The molecule has 3 heteroatoms. The van der Waals surface area contributed by atoms with Gasteiger partial charge in [-0.25, -0.2) is 0 Å². The van der Waals surface area contributed by atoms with Crippen molar-refractivity contribution in [2.75, 3.05) is 5.32 Å². The van der Waals surface area contributed by atoms with Crippen LogP contribution in [0.3, 0.4) is 0 Å². The minimum Gasteiger partial charge on any atom is -0.326 e. The fourth-order valence-electron chi connectivity index (χ4n) is 1.83. The first-order valence-corrected chi connectivity index (χ1v) is 6.08. The Morgan fingerprint density at radius 3 is 2.39 bits per heavy atom. The lowest BCUT2D eigenvalue weighted by Crippen LogP contribution is -2.07. The number of hydrogen-bond acceptors (Lipinski definition) is 1. The molecule has 0 aliphatic carbocycles. The van der Waals surface area contributed by atoms with Crippen molar-refractivity contribution in [2.45, 2.75) is 13.8 Å². The maximum atomic E-state index is 11.2. The molecule has 18 heavy (non-hydrogen) atoms. The van der Waals surface area contributed by atoms with Gasteiger partial charge in [0.15, 0.2) is 0 Å². The van der Waals surface area contributed by atoms with E-state index in [0.29, 0.717) is 5.02 Å². The molecule has 0 fully saturated rings. The van der Waals surface area contributed by atoms with Gasteiger partial charge in [-0.1, -0.05) is 35.4 Å². The predicted octanol–water partition coefficient (Wildman–Crippen LogP) is 4.27. The quantitative estimate of drug-likeness (QED) is 0.857. The number of rotatable bonds is 2. The van der Waals surface area contributed by atoms with E-state index < -0.39 is 0 Å². The van der Waals surface area contributed by atoms with Gasteiger partial charge < -0.3 is 5.32 Å². The van der Waals surface area contributed by atoms with E-state index >= 15 is 0 Å². The summed E-state index contributed by atoms with van der Waals surface area (Å²) in [5, 5.41) is 3.54. The highest BCUT2D eigenvalue weighted by Gasteiger charge is 2.06. The lowest BCUT2D eigenvalue weighted by Gasteiger charge is -2.11. The second-order valence-corrected chi connectivity index (χ2v) is 4.67. The van der Waals surface area contributed by atoms with Gasteiger partial charge in [0.25, 0.3) is 0 Å². The number of carbonyl (C=O) groups is 1. The Kier molecular flexibility index (Phi) is 3.68. The lowest BCUT2D eigenvalue weighted by atomic mass is 10.0. The van der Waals surface area contributed by atoms with Gasteiger partial charge in [0.2, 0.25) is 5.91 Å². The molecular weight excluding hydrogens is 246 g/mol. The van der Waals surface area contributed by atoms with Gasteiger partial charge in [0, 0.05) is 23.2 Å². The average molecular weight is 260 g/mol. The number of hydrogen-bond donors (Lipinski definition) is 1. The second kappa shape index (κ2) is 5.23. The van der Waals surface area contributed by atoms with E-state index in [9.17, 15) is 4.79 Å². The Labute approximate surface area is 112 Å². The second-order valence-electron chi connectivity index (χ2n) is 4.24. The largest absolute Gasteiger partial charge is 0.326 e. The summed E-state index contributed by atoms with van der Waals surface area (Å²) >= 11 is 5.88. The molecule has 0 saturated heterocycles. The van der Waals surface area contributed by atoms with Crippen molar-refractivity contribution in [2.24, 2.45) is 0 Å². The standard InChI is InChI=1S/C15H14ClNO/c1-10-3-8-15(17-11(2)18)14(9-10)12-4-6-13(16)7-5-12/h3-9H,1-2H3,(H,17,18). The van der Waals surface area contributed by atoms with Crippen molar-refractivity contribution in [3.05, 3.63) is 53.1 Å². The molecule has 0 atom stereocenters. The van der Waals surface area contributed by atoms with E-state index in [1.54, 1.807) is 0 Å². The summed E-state index contributed by atoms with van der Waals surface area (Å²) in [7, 11) is 0. The fourth-order valence-corrected chi connectivity index (χ4v) is 1.95. The number of halogens is 1. The van der Waals surface area contributed by atoms with Gasteiger partial charge in [0.1, 0.15) is 0 Å². The number of anilines is 1. The van der Waals surface area contributed by atoms with Crippen LogP contribution in [0.5, 0.6) is 0 Å². The Bertz CT molecular complexity index is 576. The van der Waals surface area contributed by atoms with Crippen LogP contribution in [0, 0.1) is 6.92 Å². The number of amides is 1. The highest BCUT2D eigenvalue weighted by molar-refractivity contribution is 6.30. The maximum Gasteiger partial charge on any atom is 0.221 e. The van der Waals surface area contributed by atoms with Crippen LogP contribution in [-0.4, -0.2) is 5.91 Å². The van der Waals surface area contributed by atoms with Crippen molar-refractivity contribution in [3.8, 4) is 11.1 Å². The molecule has 2 aromatic rings. The first-order valence-electron chi connectivity index (χ1n) is 5.70. The van der Waals surface area contributed by atoms with Gasteiger partial charge >= 0.3 is 0 Å². The molecule has 2 rings (SSSR count). The highest BCUT2D eigenvalue weighted by Crippen LogP contribution is 2.30. The minimum atomic E-state index is -0.0749. The molecule has 1 N–H and O–H groups in total. The molecule has 0 saturated carbocycles. The van der Waals surface area contributed by atoms with E-state index in [1.807, 2.05) is 43.3 Å². The first-order chi connectivity index (χ1) is 8.56. The highest BCUT2D eigenvalue weighted by atomic mass is 35.5. The summed E-state index contributed by atoms with van der Waals surface area (Å²) in [6.07, 6.45) is 0. The lowest BCUT2D eigenvalue weighted by molar-refractivity contribution is -0.114. The molecule has 2 nitrogen and oxygen atoms in total. The van der Waals surface area contributed by atoms with Gasteiger partial charge in [-0.15, -0.1) is 0 Å². The van der Waals surface area contributed by atoms with Crippen molar-refractivity contribution in [1.29, 1.82) is 0 Å². The monoisotopic (exact) mass is 259 g/mol. The van der Waals surface area contributed by atoms with Crippen LogP contribution in [-0.2, 0) is 4.79 Å². The number of aryl methyl sites for hydroxylation is 1. The van der Waals surface area contributed by atoms with Crippen LogP contribution in [0.1, 0.15) is 12.5 Å². The van der Waals surface area contributed by atoms with Crippen LogP contribution in [0.2, 0.25) is 5.02 Å². The van der Waals surface area contributed by atoms with Crippen molar-refractivity contribution in [3.63, 3.8) is 0 Å². The summed E-state index contributed by atoms with van der Waals surface area (Å²) in [4.78, 5) is 11.2. The molecule has 2 aromatic carbocycles. The zero-order chi connectivity index (χ0) is 13.1. The minimum absolute atomic E-state index is 0.0749. The number of nitrogens with one attached hydrogen (secondary N) is 1. The number of carbonyl (C=O) groups excluding carboxylic acids is 1. The zero-order valence-electron chi connectivity index (χ0n) is 10.3. The Balaban J connectivity index is 2.50. The molecule has 0 aromatic heterocycles. The molecule has 0 aliphatic heterocycles. The third kappa shape index (κ3) is 2.90. The van der Waals surface area contributed by atoms with E-state index in [2.05, 4.69) is 11.4 Å². The molecule has 0 radical (unpaired) electrons. The summed E-state index contributed by atoms with van der Waals surface area (Å²) in [6, 6.07) is 13.5. The topological polar surface area (TPSA) is 29.1 Å². The molecular formula is C15H14ClNO. The summed E-state index contributed by atoms with van der Waals surface area (Å²) in [5.74, 6) is -0.0749. The smallest absolute Gasteiger partial charge is 0.221 e. The molecule has 1 amide bonds. The first kappa shape index (κ1) is 12.7. The fraction of sp³-hybridized carbons (Fsp3) is 0.133.